The molecular formula is C8H15N. The summed E-state index contributed by atoms with van der Waals surface area (Å²) in [5.41, 5.74) is 1.13. The van der Waals surface area contributed by atoms with Gasteiger partial charge in [0.2, 0.25) is 0 Å². The molecule has 0 aliphatic rings. The van der Waals surface area contributed by atoms with Crippen LogP contribution in [-0.4, -0.2) is 0 Å². The summed E-state index contributed by atoms with van der Waals surface area (Å²) in [6.45, 7) is 13.7. The minimum absolute atomic E-state index is 0.133. The van der Waals surface area contributed by atoms with E-state index in [1.54, 1.807) is 6.20 Å². The lowest BCUT2D eigenvalue weighted by Gasteiger charge is -2.20. The number of hydrogen-bond acceptors (Lipinski definition) is 1. The average Bonchev–Trinajstić information content (AvgIpc) is 1.64. The number of rotatable bonds is 2. The second-order valence-corrected chi connectivity index (χ2v) is 3.08. The van der Waals surface area contributed by atoms with Gasteiger partial charge in [0.15, 0.2) is 0 Å². The molecule has 1 nitrogen and oxygen atoms in total. The Bertz CT molecular complexity index is 117. The molecule has 1 N–H and O–H groups in total. The molecule has 0 radical (unpaired) electrons. The molecule has 0 heterocycles. The molecule has 9 heavy (non-hydrogen) atoms. The molecule has 0 fully saturated rings. The zero-order chi connectivity index (χ0) is 7.49. The predicted molar refractivity (Wildman–Crippen MR) is 41.9 cm³/mol. The van der Waals surface area contributed by atoms with Gasteiger partial charge in [-0.3, -0.25) is 0 Å². The Balaban J connectivity index is 3.88. The molecule has 52 valence electrons. The molecule has 0 spiro atoms. The molecule has 0 atom stereocenters. The van der Waals surface area contributed by atoms with Gasteiger partial charge in [-0.15, -0.1) is 0 Å². The Kier molecular flexibility index (Phi) is 2.50. The van der Waals surface area contributed by atoms with Crippen LogP contribution in [0.3, 0.4) is 0 Å². The van der Waals surface area contributed by atoms with Crippen molar-refractivity contribution in [2.75, 3.05) is 0 Å². The van der Waals surface area contributed by atoms with Gasteiger partial charge in [-0.2, -0.15) is 0 Å². The third-order valence-electron chi connectivity index (χ3n) is 1.18. The molecule has 0 amide bonds. The predicted octanol–water partition coefficient (Wildman–Crippen LogP) is 2.28. The smallest absolute Gasteiger partial charge is 0.0128 e. The summed E-state index contributed by atoms with van der Waals surface area (Å²) >= 11 is 0. The highest BCUT2D eigenvalue weighted by atomic mass is 14.9. The van der Waals surface area contributed by atoms with Crippen molar-refractivity contribution >= 4 is 0 Å². The van der Waals surface area contributed by atoms with E-state index >= 15 is 0 Å². The maximum Gasteiger partial charge on any atom is 0.0128 e. The van der Waals surface area contributed by atoms with E-state index in [1.165, 1.54) is 0 Å². The maximum atomic E-state index is 3.83. The average molecular weight is 125 g/mol. The van der Waals surface area contributed by atoms with Crippen LogP contribution in [0.25, 0.3) is 0 Å². The van der Waals surface area contributed by atoms with Crippen LogP contribution in [0.2, 0.25) is 0 Å². The number of allylic oxidation sites excluding steroid dienone is 1. The van der Waals surface area contributed by atoms with Crippen LogP contribution in [0, 0.1) is 5.41 Å². The van der Waals surface area contributed by atoms with E-state index in [1.807, 2.05) is 0 Å². The van der Waals surface area contributed by atoms with E-state index in [4.69, 9.17) is 0 Å². The van der Waals surface area contributed by atoms with Gasteiger partial charge < -0.3 is 5.32 Å². The van der Waals surface area contributed by atoms with E-state index in [0.717, 1.165) is 5.70 Å². The highest BCUT2D eigenvalue weighted by Gasteiger charge is 2.12. The zero-order valence-corrected chi connectivity index (χ0v) is 6.49. The summed E-state index contributed by atoms with van der Waals surface area (Å²) in [4.78, 5) is 0. The van der Waals surface area contributed by atoms with Crippen molar-refractivity contribution in [3.63, 3.8) is 0 Å². The van der Waals surface area contributed by atoms with Gasteiger partial charge in [-0.1, -0.05) is 33.9 Å². The fraction of sp³-hybridized carbons (Fsp3) is 0.500. The Morgan fingerprint density at radius 1 is 1.44 bits per heavy atom. The van der Waals surface area contributed by atoms with Gasteiger partial charge in [0.25, 0.3) is 0 Å². The molecule has 0 aromatic rings. The van der Waals surface area contributed by atoms with E-state index in [9.17, 15) is 0 Å². The monoisotopic (exact) mass is 125 g/mol. The van der Waals surface area contributed by atoms with Gasteiger partial charge >= 0.3 is 0 Å². The third kappa shape index (κ3) is 2.96. The van der Waals surface area contributed by atoms with Crippen molar-refractivity contribution in [1.29, 1.82) is 0 Å². The second kappa shape index (κ2) is 2.72. The third-order valence-corrected chi connectivity index (χ3v) is 1.18. The summed E-state index contributed by atoms with van der Waals surface area (Å²) in [6, 6.07) is 0. The van der Waals surface area contributed by atoms with Gasteiger partial charge in [0, 0.05) is 11.1 Å². The van der Waals surface area contributed by atoms with Crippen molar-refractivity contribution in [3.8, 4) is 0 Å². The van der Waals surface area contributed by atoms with Crippen LogP contribution >= 0.6 is 0 Å². The number of nitrogens with one attached hydrogen (secondary N) is 1. The van der Waals surface area contributed by atoms with Crippen LogP contribution in [0.4, 0.5) is 0 Å². The van der Waals surface area contributed by atoms with Crippen LogP contribution in [0.1, 0.15) is 20.8 Å². The lowest BCUT2D eigenvalue weighted by molar-refractivity contribution is 0.481. The molecule has 0 aromatic heterocycles. The second-order valence-electron chi connectivity index (χ2n) is 3.08. The molecule has 0 unspecified atom stereocenters. The first-order valence-corrected chi connectivity index (χ1v) is 3.05. The summed E-state index contributed by atoms with van der Waals surface area (Å²) < 4.78 is 0. The first-order chi connectivity index (χ1) is 3.98. The van der Waals surface area contributed by atoms with Crippen LogP contribution in [0.5, 0.6) is 0 Å². The van der Waals surface area contributed by atoms with E-state index in [-0.39, 0.29) is 5.41 Å². The molecule has 0 aliphatic heterocycles. The lowest BCUT2D eigenvalue weighted by atomic mass is 9.93. The van der Waals surface area contributed by atoms with Crippen LogP contribution in [0.15, 0.2) is 25.1 Å². The van der Waals surface area contributed by atoms with E-state index in [2.05, 4.69) is 39.2 Å². The summed E-state index contributed by atoms with van der Waals surface area (Å²) in [7, 11) is 0. The van der Waals surface area contributed by atoms with Gasteiger partial charge in [-0.05, 0) is 6.20 Å². The normalized spacial score (nSPS) is 10.6. The molecule has 0 rings (SSSR count). The number of hydrogen-bond donors (Lipinski definition) is 1. The first-order valence-electron chi connectivity index (χ1n) is 3.05. The topological polar surface area (TPSA) is 12.0 Å². The largest absolute Gasteiger partial charge is 0.366 e. The highest BCUT2D eigenvalue weighted by molar-refractivity contribution is 5.04. The van der Waals surface area contributed by atoms with Crippen LogP contribution < -0.4 is 5.32 Å². The summed E-state index contributed by atoms with van der Waals surface area (Å²) in [6.07, 6.45) is 1.65. The molecule has 0 bridgehead atoms. The molecule has 1 heteroatoms. The van der Waals surface area contributed by atoms with E-state index in [0.29, 0.717) is 0 Å². The van der Waals surface area contributed by atoms with Crippen molar-refractivity contribution in [2.45, 2.75) is 20.8 Å². The highest BCUT2D eigenvalue weighted by Crippen LogP contribution is 2.20. The Morgan fingerprint density at radius 3 is 2.00 bits per heavy atom. The van der Waals surface area contributed by atoms with Gasteiger partial charge in [0.05, 0.1) is 0 Å². The zero-order valence-electron chi connectivity index (χ0n) is 6.49. The molecule has 0 saturated carbocycles. The molecule has 0 aromatic carbocycles. The minimum atomic E-state index is 0.133. The summed E-state index contributed by atoms with van der Waals surface area (Å²) in [5, 5.41) is 2.95. The fourth-order valence-electron chi connectivity index (χ4n) is 0.340. The molecule has 0 aliphatic carbocycles. The molecular weight excluding hydrogens is 110 g/mol. The van der Waals surface area contributed by atoms with Crippen molar-refractivity contribution in [2.24, 2.45) is 5.41 Å². The van der Waals surface area contributed by atoms with Crippen molar-refractivity contribution in [3.05, 3.63) is 25.1 Å². The van der Waals surface area contributed by atoms with E-state index < -0.39 is 0 Å². The fourth-order valence-corrected chi connectivity index (χ4v) is 0.340. The van der Waals surface area contributed by atoms with Gasteiger partial charge in [0.1, 0.15) is 0 Å². The lowest BCUT2D eigenvalue weighted by Crippen LogP contribution is -2.18. The summed E-state index contributed by atoms with van der Waals surface area (Å²) in [5.74, 6) is 0. The van der Waals surface area contributed by atoms with Crippen LogP contribution in [-0.2, 0) is 0 Å². The molecule has 0 saturated heterocycles. The maximum absolute atomic E-state index is 3.83. The minimum Gasteiger partial charge on any atom is -0.366 e. The quantitative estimate of drug-likeness (QED) is 0.597. The Hall–Kier alpha value is -0.720. The standard InChI is InChI=1S/C8H15N/c1-6-9-7(2)8(3,4)5/h6,9H,1-2H2,3-5H3. The Morgan fingerprint density at radius 2 is 1.89 bits per heavy atom. The SMILES string of the molecule is C=CNC(=C)C(C)(C)C. The first kappa shape index (κ1) is 8.28. The van der Waals surface area contributed by atoms with Crippen molar-refractivity contribution in [1.82, 2.24) is 5.32 Å². The van der Waals surface area contributed by atoms with Crippen molar-refractivity contribution < 1.29 is 0 Å². The van der Waals surface area contributed by atoms with Gasteiger partial charge in [-0.25, -0.2) is 0 Å². The Labute approximate surface area is 57.5 Å².